The second-order valence-electron chi connectivity index (χ2n) is 5.02. The molecule has 0 atom stereocenters. The first-order valence-corrected chi connectivity index (χ1v) is 7.24. The second-order valence-corrected chi connectivity index (χ2v) is 6.93. The molecule has 1 rings (SSSR count). The summed E-state index contributed by atoms with van der Waals surface area (Å²) in [6, 6.07) is 2.20. The van der Waals surface area contributed by atoms with Crippen LogP contribution in [0.3, 0.4) is 0 Å². The zero-order valence-electron chi connectivity index (χ0n) is 10.3. The molecule has 16 heavy (non-hydrogen) atoms. The lowest BCUT2D eigenvalue weighted by Crippen LogP contribution is -2.36. The lowest BCUT2D eigenvalue weighted by atomic mass is 10.0. The summed E-state index contributed by atoms with van der Waals surface area (Å²) in [4.78, 5) is 3.79. The van der Waals surface area contributed by atoms with E-state index in [-0.39, 0.29) is 5.54 Å². The van der Waals surface area contributed by atoms with Crippen LogP contribution in [0.25, 0.3) is 0 Å². The molecule has 1 heterocycles. The summed E-state index contributed by atoms with van der Waals surface area (Å²) in [7, 11) is 2.16. The predicted octanol–water partition coefficient (Wildman–Crippen LogP) is 3.11. The van der Waals surface area contributed by atoms with Gasteiger partial charge in [-0.2, -0.15) is 0 Å². The molecule has 92 valence electrons. The van der Waals surface area contributed by atoms with Crippen LogP contribution in [0.5, 0.6) is 0 Å². The van der Waals surface area contributed by atoms with E-state index in [0.29, 0.717) is 0 Å². The number of nitrogens with zero attached hydrogens (tertiary/aromatic N) is 1. The highest BCUT2D eigenvalue weighted by molar-refractivity contribution is 9.10. The van der Waals surface area contributed by atoms with E-state index < -0.39 is 0 Å². The van der Waals surface area contributed by atoms with Crippen LogP contribution in [0.4, 0.5) is 0 Å². The normalized spacial score (nSPS) is 12.4. The van der Waals surface area contributed by atoms with Crippen molar-refractivity contribution in [2.75, 3.05) is 20.1 Å². The molecule has 1 aromatic heterocycles. The Balaban J connectivity index is 2.22. The summed E-state index contributed by atoms with van der Waals surface area (Å²) in [5.74, 6) is 0. The van der Waals surface area contributed by atoms with Crippen molar-refractivity contribution in [1.29, 1.82) is 0 Å². The Morgan fingerprint density at radius 2 is 2.12 bits per heavy atom. The van der Waals surface area contributed by atoms with E-state index in [1.54, 1.807) is 0 Å². The van der Waals surface area contributed by atoms with Crippen molar-refractivity contribution in [3.05, 3.63) is 20.8 Å². The fraction of sp³-hybridized carbons (Fsp3) is 0.667. The first-order valence-electron chi connectivity index (χ1n) is 5.57. The summed E-state index contributed by atoms with van der Waals surface area (Å²) < 4.78 is 1.19. The van der Waals surface area contributed by atoms with Crippen LogP contribution in [0.1, 0.15) is 25.1 Å². The highest BCUT2D eigenvalue weighted by atomic mass is 79.9. The molecule has 0 aliphatic carbocycles. The molecule has 0 amide bonds. The average molecular weight is 305 g/mol. The summed E-state index contributed by atoms with van der Waals surface area (Å²) in [5.41, 5.74) is 5.91. The van der Waals surface area contributed by atoms with Gasteiger partial charge in [-0.3, -0.25) is 0 Å². The molecule has 0 radical (unpaired) electrons. The smallest absolute Gasteiger partial charge is 0.0285 e. The number of halogens is 1. The maximum absolute atomic E-state index is 5.96. The van der Waals surface area contributed by atoms with Gasteiger partial charge in [-0.25, -0.2) is 0 Å². The van der Waals surface area contributed by atoms with E-state index in [1.165, 1.54) is 9.35 Å². The van der Waals surface area contributed by atoms with Crippen LogP contribution in [0.15, 0.2) is 15.9 Å². The quantitative estimate of drug-likeness (QED) is 0.875. The van der Waals surface area contributed by atoms with Crippen LogP contribution >= 0.6 is 27.3 Å². The van der Waals surface area contributed by atoms with Gasteiger partial charge in [0.05, 0.1) is 0 Å². The fourth-order valence-electron chi connectivity index (χ4n) is 1.38. The van der Waals surface area contributed by atoms with Crippen LogP contribution < -0.4 is 5.73 Å². The number of nitrogens with two attached hydrogens (primary N) is 1. The molecule has 2 N–H and O–H groups in total. The van der Waals surface area contributed by atoms with Crippen molar-refractivity contribution in [2.45, 2.75) is 32.2 Å². The van der Waals surface area contributed by atoms with Crippen LogP contribution in [-0.4, -0.2) is 30.6 Å². The highest BCUT2D eigenvalue weighted by Gasteiger charge is 2.11. The molecule has 0 aliphatic heterocycles. The summed E-state index contributed by atoms with van der Waals surface area (Å²) in [5, 5.41) is 2.14. The van der Waals surface area contributed by atoms with E-state index in [4.69, 9.17) is 5.73 Å². The van der Waals surface area contributed by atoms with E-state index in [1.807, 2.05) is 11.3 Å². The first kappa shape index (κ1) is 14.2. The Morgan fingerprint density at radius 3 is 2.62 bits per heavy atom. The molecule has 1 aromatic rings. The molecular weight excluding hydrogens is 284 g/mol. The SMILES string of the molecule is CN(CCc1cc(Br)cs1)CCC(C)(C)N. The monoisotopic (exact) mass is 304 g/mol. The zero-order chi connectivity index (χ0) is 12.2. The molecule has 0 unspecified atom stereocenters. The summed E-state index contributed by atoms with van der Waals surface area (Å²) in [6.45, 7) is 6.33. The fourth-order valence-corrected chi connectivity index (χ4v) is 2.82. The van der Waals surface area contributed by atoms with Gasteiger partial charge in [0.15, 0.2) is 0 Å². The van der Waals surface area contributed by atoms with E-state index in [9.17, 15) is 0 Å². The summed E-state index contributed by atoms with van der Waals surface area (Å²) >= 11 is 5.29. The Morgan fingerprint density at radius 1 is 1.44 bits per heavy atom. The molecule has 4 heteroatoms. The van der Waals surface area contributed by atoms with Crippen molar-refractivity contribution in [2.24, 2.45) is 5.73 Å². The zero-order valence-corrected chi connectivity index (χ0v) is 12.7. The largest absolute Gasteiger partial charge is 0.326 e. The van der Waals surface area contributed by atoms with Crippen molar-refractivity contribution >= 4 is 27.3 Å². The molecule has 0 saturated heterocycles. The van der Waals surface area contributed by atoms with Gasteiger partial charge in [0.1, 0.15) is 0 Å². The molecule has 0 aromatic carbocycles. The molecule has 0 bridgehead atoms. The van der Waals surface area contributed by atoms with Crippen LogP contribution in [0, 0.1) is 0 Å². The minimum absolute atomic E-state index is 0.0553. The van der Waals surface area contributed by atoms with Gasteiger partial charge in [-0.1, -0.05) is 0 Å². The predicted molar refractivity (Wildman–Crippen MR) is 76.1 cm³/mol. The third kappa shape index (κ3) is 5.99. The lowest BCUT2D eigenvalue weighted by molar-refractivity contribution is 0.299. The number of hydrogen-bond donors (Lipinski definition) is 1. The molecular formula is C12H21BrN2S. The van der Waals surface area contributed by atoms with Crippen molar-refractivity contribution in [3.8, 4) is 0 Å². The standard InChI is InChI=1S/C12H21BrN2S/c1-12(2,14)5-7-15(3)6-4-11-8-10(13)9-16-11/h8-9H,4-7,14H2,1-3H3. The molecule has 0 spiro atoms. The lowest BCUT2D eigenvalue weighted by Gasteiger charge is -2.23. The topological polar surface area (TPSA) is 29.3 Å². The third-order valence-electron chi connectivity index (χ3n) is 2.50. The maximum atomic E-state index is 5.96. The van der Waals surface area contributed by atoms with Gasteiger partial charge in [-0.05, 0) is 62.3 Å². The Hall–Kier alpha value is 0.1000. The van der Waals surface area contributed by atoms with Crippen molar-refractivity contribution in [3.63, 3.8) is 0 Å². The van der Waals surface area contributed by atoms with Gasteiger partial charge < -0.3 is 10.6 Å². The van der Waals surface area contributed by atoms with Gasteiger partial charge in [0.2, 0.25) is 0 Å². The minimum atomic E-state index is -0.0553. The van der Waals surface area contributed by atoms with Gasteiger partial charge >= 0.3 is 0 Å². The Labute approximate surface area is 111 Å². The second kappa shape index (κ2) is 6.15. The molecule has 2 nitrogen and oxygen atoms in total. The van der Waals surface area contributed by atoms with Crippen LogP contribution in [-0.2, 0) is 6.42 Å². The molecule has 0 fully saturated rings. The van der Waals surface area contributed by atoms with E-state index in [0.717, 1.165) is 25.9 Å². The minimum Gasteiger partial charge on any atom is -0.326 e. The van der Waals surface area contributed by atoms with Crippen LogP contribution in [0.2, 0.25) is 0 Å². The molecule has 0 saturated carbocycles. The average Bonchev–Trinajstić information content (AvgIpc) is 2.57. The highest BCUT2D eigenvalue weighted by Crippen LogP contribution is 2.20. The van der Waals surface area contributed by atoms with E-state index in [2.05, 4.69) is 53.2 Å². The van der Waals surface area contributed by atoms with E-state index >= 15 is 0 Å². The Bertz CT molecular complexity index is 317. The van der Waals surface area contributed by atoms with Gasteiger partial charge in [0.25, 0.3) is 0 Å². The number of likely N-dealkylation sites (N-methyl/N-ethyl adjacent to an activating group) is 1. The number of rotatable bonds is 6. The van der Waals surface area contributed by atoms with Crippen molar-refractivity contribution in [1.82, 2.24) is 4.90 Å². The third-order valence-corrected chi connectivity index (χ3v) is 4.26. The van der Waals surface area contributed by atoms with Gasteiger partial charge in [-0.15, -0.1) is 11.3 Å². The maximum Gasteiger partial charge on any atom is 0.0285 e. The Kier molecular flexibility index (Phi) is 5.44. The van der Waals surface area contributed by atoms with Gasteiger partial charge in [0, 0.05) is 26.8 Å². The number of thiophene rings is 1. The number of hydrogen-bond acceptors (Lipinski definition) is 3. The molecule has 0 aliphatic rings. The van der Waals surface area contributed by atoms with Crippen molar-refractivity contribution < 1.29 is 0 Å². The first-order chi connectivity index (χ1) is 7.37. The summed E-state index contributed by atoms with van der Waals surface area (Å²) in [6.07, 6.45) is 2.16.